The van der Waals surface area contributed by atoms with Gasteiger partial charge in [0.05, 0.1) is 4.88 Å². The van der Waals surface area contributed by atoms with E-state index in [4.69, 9.17) is 0 Å². The fourth-order valence-electron chi connectivity index (χ4n) is 1.40. The minimum Gasteiger partial charge on any atom is -0.294 e. The van der Waals surface area contributed by atoms with E-state index >= 15 is 0 Å². The Morgan fingerprint density at radius 2 is 1.73 bits per heavy atom. The molecule has 1 aromatic carbocycles. The average molecular weight is 216 g/mol. The van der Waals surface area contributed by atoms with E-state index in [1.54, 1.807) is 18.3 Å². The number of carbonyl (C=O) groups is 1. The standard InChI is InChI=1S/C13H12OS/c1-9-3-5-11(6-4-9)13-8-7-12(15-13)10(2)14/h3-8H,1-2H3. The number of ketones is 1. The molecule has 1 heterocycles. The molecule has 2 rings (SSSR count). The molecule has 1 nitrogen and oxygen atoms in total. The summed E-state index contributed by atoms with van der Waals surface area (Å²) in [5.41, 5.74) is 2.43. The first-order valence-electron chi connectivity index (χ1n) is 4.84. The molecule has 2 heteroatoms. The van der Waals surface area contributed by atoms with Crippen LogP contribution in [0.5, 0.6) is 0 Å². The smallest absolute Gasteiger partial charge is 0.169 e. The van der Waals surface area contributed by atoms with Crippen molar-refractivity contribution in [1.29, 1.82) is 0 Å². The van der Waals surface area contributed by atoms with Crippen molar-refractivity contribution in [2.45, 2.75) is 13.8 Å². The van der Waals surface area contributed by atoms with Crippen LogP contribution in [0, 0.1) is 6.92 Å². The zero-order valence-electron chi connectivity index (χ0n) is 8.78. The number of hydrogen-bond donors (Lipinski definition) is 0. The van der Waals surface area contributed by atoms with Crippen molar-refractivity contribution in [2.75, 3.05) is 0 Å². The van der Waals surface area contributed by atoms with Crippen LogP contribution in [-0.4, -0.2) is 5.78 Å². The molecule has 0 aliphatic rings. The number of aryl methyl sites for hydroxylation is 1. The lowest BCUT2D eigenvalue weighted by atomic mass is 10.1. The molecule has 0 saturated carbocycles. The number of benzene rings is 1. The zero-order chi connectivity index (χ0) is 10.8. The summed E-state index contributed by atoms with van der Waals surface area (Å²) in [7, 11) is 0. The topological polar surface area (TPSA) is 17.1 Å². The first-order chi connectivity index (χ1) is 7.16. The van der Waals surface area contributed by atoms with Gasteiger partial charge in [-0.2, -0.15) is 0 Å². The second-order valence-electron chi connectivity index (χ2n) is 3.59. The van der Waals surface area contributed by atoms with E-state index in [0.717, 1.165) is 9.75 Å². The molecule has 0 N–H and O–H groups in total. The van der Waals surface area contributed by atoms with Crippen LogP contribution in [0.1, 0.15) is 22.2 Å². The SMILES string of the molecule is CC(=O)c1ccc(-c2ccc(C)cc2)s1. The maximum absolute atomic E-state index is 11.2. The fraction of sp³-hybridized carbons (Fsp3) is 0.154. The van der Waals surface area contributed by atoms with Gasteiger partial charge in [0.2, 0.25) is 0 Å². The first kappa shape index (κ1) is 10.1. The summed E-state index contributed by atoms with van der Waals surface area (Å²) in [6.45, 7) is 3.67. The normalized spacial score (nSPS) is 10.3. The molecule has 0 unspecified atom stereocenters. The molecule has 0 atom stereocenters. The number of hydrogen-bond acceptors (Lipinski definition) is 2. The van der Waals surface area contributed by atoms with Crippen LogP contribution < -0.4 is 0 Å². The van der Waals surface area contributed by atoms with E-state index in [-0.39, 0.29) is 5.78 Å². The summed E-state index contributed by atoms with van der Waals surface area (Å²) >= 11 is 1.55. The van der Waals surface area contributed by atoms with Gasteiger partial charge in [0.15, 0.2) is 5.78 Å². The Balaban J connectivity index is 2.37. The highest BCUT2D eigenvalue weighted by Crippen LogP contribution is 2.28. The molecule has 0 amide bonds. The van der Waals surface area contributed by atoms with Crippen LogP contribution in [0.3, 0.4) is 0 Å². The van der Waals surface area contributed by atoms with Gasteiger partial charge >= 0.3 is 0 Å². The van der Waals surface area contributed by atoms with Gasteiger partial charge in [0.1, 0.15) is 0 Å². The minimum absolute atomic E-state index is 0.137. The lowest BCUT2D eigenvalue weighted by Gasteiger charge is -1.97. The summed E-state index contributed by atoms with van der Waals surface area (Å²) in [5, 5.41) is 0. The van der Waals surface area contributed by atoms with Crippen LogP contribution in [0.2, 0.25) is 0 Å². The Hall–Kier alpha value is -1.41. The lowest BCUT2D eigenvalue weighted by molar-refractivity contribution is 0.102. The molecule has 1 aromatic heterocycles. The third-order valence-corrected chi connectivity index (χ3v) is 3.52. The first-order valence-corrected chi connectivity index (χ1v) is 5.66. The Morgan fingerprint density at radius 1 is 1.07 bits per heavy atom. The summed E-state index contributed by atoms with van der Waals surface area (Å²) in [4.78, 5) is 13.1. The highest BCUT2D eigenvalue weighted by molar-refractivity contribution is 7.17. The summed E-state index contributed by atoms with van der Waals surface area (Å²) < 4.78 is 0. The van der Waals surface area contributed by atoms with Crippen molar-refractivity contribution >= 4 is 17.1 Å². The third kappa shape index (κ3) is 2.16. The molecule has 0 bridgehead atoms. The van der Waals surface area contributed by atoms with Crippen molar-refractivity contribution < 1.29 is 4.79 Å². The number of rotatable bonds is 2. The van der Waals surface area contributed by atoms with Crippen molar-refractivity contribution in [3.63, 3.8) is 0 Å². The Morgan fingerprint density at radius 3 is 2.27 bits per heavy atom. The van der Waals surface area contributed by atoms with Crippen LogP contribution in [0.15, 0.2) is 36.4 Å². The summed E-state index contributed by atoms with van der Waals surface area (Å²) in [6.07, 6.45) is 0. The molecule has 0 aliphatic carbocycles. The van der Waals surface area contributed by atoms with E-state index in [1.165, 1.54) is 11.1 Å². The van der Waals surface area contributed by atoms with Crippen LogP contribution in [-0.2, 0) is 0 Å². The number of thiophene rings is 1. The van der Waals surface area contributed by atoms with Crippen molar-refractivity contribution in [3.05, 3.63) is 46.8 Å². The van der Waals surface area contributed by atoms with Gasteiger partial charge in [-0.05, 0) is 31.5 Å². The van der Waals surface area contributed by atoms with Crippen molar-refractivity contribution in [1.82, 2.24) is 0 Å². The van der Waals surface area contributed by atoms with E-state index < -0.39 is 0 Å². The van der Waals surface area contributed by atoms with Gasteiger partial charge in [-0.1, -0.05) is 29.8 Å². The van der Waals surface area contributed by atoms with E-state index in [1.807, 2.05) is 12.1 Å². The fourth-order valence-corrected chi connectivity index (χ4v) is 2.31. The maximum atomic E-state index is 11.2. The van der Waals surface area contributed by atoms with Crippen molar-refractivity contribution in [2.24, 2.45) is 0 Å². The zero-order valence-corrected chi connectivity index (χ0v) is 9.60. The van der Waals surface area contributed by atoms with Gasteiger partial charge in [0, 0.05) is 4.88 Å². The molecule has 0 fully saturated rings. The van der Waals surface area contributed by atoms with Gasteiger partial charge in [-0.25, -0.2) is 0 Å². The summed E-state index contributed by atoms with van der Waals surface area (Å²) in [6, 6.07) is 12.2. The Bertz CT molecular complexity index is 479. The second kappa shape index (κ2) is 3.99. The van der Waals surface area contributed by atoms with Crippen molar-refractivity contribution in [3.8, 4) is 10.4 Å². The molecular formula is C13H12OS. The Kier molecular flexibility index (Phi) is 2.69. The monoisotopic (exact) mass is 216 g/mol. The maximum Gasteiger partial charge on any atom is 0.169 e. The predicted molar refractivity (Wildman–Crippen MR) is 64.5 cm³/mol. The number of carbonyl (C=O) groups excluding carboxylic acids is 1. The average Bonchev–Trinajstić information content (AvgIpc) is 2.68. The molecular weight excluding hydrogens is 204 g/mol. The van der Waals surface area contributed by atoms with Gasteiger partial charge in [0.25, 0.3) is 0 Å². The predicted octanol–water partition coefficient (Wildman–Crippen LogP) is 3.93. The largest absolute Gasteiger partial charge is 0.294 e. The van der Waals surface area contributed by atoms with Crippen LogP contribution in [0.4, 0.5) is 0 Å². The van der Waals surface area contributed by atoms with Crippen LogP contribution in [0.25, 0.3) is 10.4 Å². The third-order valence-electron chi connectivity index (χ3n) is 2.29. The van der Waals surface area contributed by atoms with E-state index in [9.17, 15) is 4.79 Å². The molecule has 15 heavy (non-hydrogen) atoms. The molecule has 76 valence electrons. The van der Waals surface area contributed by atoms with Gasteiger partial charge < -0.3 is 0 Å². The molecule has 2 aromatic rings. The lowest BCUT2D eigenvalue weighted by Crippen LogP contribution is -1.83. The summed E-state index contributed by atoms with van der Waals surface area (Å²) in [5.74, 6) is 0.137. The molecule has 0 saturated heterocycles. The molecule has 0 aliphatic heterocycles. The number of Topliss-reactive ketones (excluding diaryl/α,β-unsaturated/α-hetero) is 1. The van der Waals surface area contributed by atoms with Gasteiger partial charge in [-0.15, -0.1) is 11.3 Å². The van der Waals surface area contributed by atoms with Crippen LogP contribution >= 0.6 is 11.3 Å². The quantitative estimate of drug-likeness (QED) is 0.695. The highest BCUT2D eigenvalue weighted by Gasteiger charge is 2.05. The molecule has 0 spiro atoms. The highest BCUT2D eigenvalue weighted by atomic mass is 32.1. The van der Waals surface area contributed by atoms with Gasteiger partial charge in [-0.3, -0.25) is 4.79 Å². The van der Waals surface area contributed by atoms with E-state index in [2.05, 4.69) is 31.2 Å². The molecule has 0 radical (unpaired) electrons. The Labute approximate surface area is 93.4 Å². The van der Waals surface area contributed by atoms with E-state index in [0.29, 0.717) is 0 Å². The minimum atomic E-state index is 0.137. The second-order valence-corrected chi connectivity index (χ2v) is 4.67.